The molecule has 0 atom stereocenters. The maximum atomic E-state index is 12.8. The second kappa shape index (κ2) is 7.65. The molecule has 1 amide bonds. The Hall–Kier alpha value is -1.41. The Labute approximate surface area is 144 Å². The first kappa shape index (κ1) is 18.9. The van der Waals surface area contributed by atoms with Crippen LogP contribution in [0, 0.1) is 19.8 Å². The summed E-state index contributed by atoms with van der Waals surface area (Å²) in [5.41, 5.74) is 0.380. The van der Waals surface area contributed by atoms with Gasteiger partial charge in [-0.1, -0.05) is 18.5 Å². The fraction of sp³-hybridized carbons (Fsp3) is 0.750. The van der Waals surface area contributed by atoms with Crippen LogP contribution in [-0.4, -0.2) is 55.4 Å². The van der Waals surface area contributed by atoms with Gasteiger partial charge in [0.25, 0.3) is 0 Å². The maximum absolute atomic E-state index is 12.8. The number of nitrogens with zero attached hydrogens (tertiary/aromatic N) is 3. The van der Waals surface area contributed by atoms with Crippen LogP contribution >= 0.6 is 0 Å². The Morgan fingerprint density at radius 2 is 1.96 bits per heavy atom. The van der Waals surface area contributed by atoms with Gasteiger partial charge in [-0.2, -0.15) is 4.31 Å². The molecule has 0 aliphatic carbocycles. The van der Waals surface area contributed by atoms with Gasteiger partial charge in [-0.25, -0.2) is 8.42 Å². The lowest BCUT2D eigenvalue weighted by Crippen LogP contribution is -2.43. The van der Waals surface area contributed by atoms with E-state index in [0.717, 1.165) is 19.4 Å². The van der Waals surface area contributed by atoms with Crippen molar-refractivity contribution in [1.82, 2.24) is 14.4 Å². The standard InChI is InChI=1S/C16H27N3O4S/c1-5-6-9-18(4)16(20)14-7-10-19(11-8-14)24(21,22)15-12(2)17-23-13(15)3/h14H,5-11H2,1-4H3. The van der Waals surface area contributed by atoms with Gasteiger partial charge in [-0.15, -0.1) is 0 Å². The summed E-state index contributed by atoms with van der Waals surface area (Å²) in [6, 6.07) is 0. The van der Waals surface area contributed by atoms with E-state index in [1.54, 1.807) is 18.7 Å². The Kier molecular flexibility index (Phi) is 6.03. The summed E-state index contributed by atoms with van der Waals surface area (Å²) < 4.78 is 32.0. The molecule has 1 aromatic rings. The molecule has 1 aromatic heterocycles. The van der Waals surface area contributed by atoms with E-state index in [9.17, 15) is 13.2 Å². The molecule has 1 fully saturated rings. The van der Waals surface area contributed by atoms with Crippen molar-refractivity contribution < 1.29 is 17.7 Å². The van der Waals surface area contributed by atoms with Crippen LogP contribution in [0.5, 0.6) is 0 Å². The van der Waals surface area contributed by atoms with Crippen molar-refractivity contribution in [2.24, 2.45) is 5.92 Å². The Morgan fingerprint density at radius 1 is 1.33 bits per heavy atom. The molecular formula is C16H27N3O4S. The minimum absolute atomic E-state index is 0.0945. The van der Waals surface area contributed by atoms with Crippen molar-refractivity contribution >= 4 is 15.9 Å². The molecule has 8 heteroatoms. The van der Waals surface area contributed by atoms with Crippen LogP contribution in [0.15, 0.2) is 9.42 Å². The Bertz CT molecular complexity index is 656. The predicted octanol–water partition coefficient (Wildman–Crippen LogP) is 1.95. The van der Waals surface area contributed by atoms with Crippen LogP contribution < -0.4 is 0 Å². The zero-order chi connectivity index (χ0) is 17.9. The predicted molar refractivity (Wildman–Crippen MR) is 90.0 cm³/mol. The highest BCUT2D eigenvalue weighted by atomic mass is 32.2. The first-order valence-corrected chi connectivity index (χ1v) is 9.91. The Balaban J connectivity index is 2.01. The van der Waals surface area contributed by atoms with Gasteiger partial charge in [0, 0.05) is 32.6 Å². The van der Waals surface area contributed by atoms with Crippen molar-refractivity contribution in [3.63, 3.8) is 0 Å². The summed E-state index contributed by atoms with van der Waals surface area (Å²) in [4.78, 5) is 14.4. The summed E-state index contributed by atoms with van der Waals surface area (Å²) in [7, 11) is -1.79. The van der Waals surface area contributed by atoms with Crippen LogP contribution in [-0.2, 0) is 14.8 Å². The van der Waals surface area contributed by atoms with Crippen LogP contribution in [0.25, 0.3) is 0 Å². The number of sulfonamides is 1. The minimum atomic E-state index is -3.61. The third-order valence-electron chi connectivity index (χ3n) is 4.59. The van der Waals surface area contributed by atoms with Gasteiger partial charge in [-0.05, 0) is 33.1 Å². The molecule has 2 heterocycles. The highest BCUT2D eigenvalue weighted by molar-refractivity contribution is 7.89. The normalized spacial score (nSPS) is 17.2. The Morgan fingerprint density at radius 3 is 2.46 bits per heavy atom. The molecular weight excluding hydrogens is 330 g/mol. The van der Waals surface area contributed by atoms with Crippen LogP contribution in [0.1, 0.15) is 44.1 Å². The number of hydrogen-bond acceptors (Lipinski definition) is 5. The number of piperidine rings is 1. The number of rotatable bonds is 6. The van der Waals surface area contributed by atoms with Gasteiger partial charge in [0.2, 0.25) is 15.9 Å². The van der Waals surface area contributed by atoms with Gasteiger partial charge in [0.05, 0.1) is 0 Å². The first-order valence-electron chi connectivity index (χ1n) is 8.47. The fourth-order valence-corrected chi connectivity index (χ4v) is 4.89. The fourth-order valence-electron chi connectivity index (χ4n) is 3.13. The smallest absolute Gasteiger partial charge is 0.248 e. The van der Waals surface area contributed by atoms with Gasteiger partial charge < -0.3 is 9.42 Å². The maximum Gasteiger partial charge on any atom is 0.248 e. The molecule has 0 radical (unpaired) electrons. The van der Waals surface area contributed by atoms with Crippen LogP contribution in [0.2, 0.25) is 0 Å². The van der Waals surface area contributed by atoms with Gasteiger partial charge >= 0.3 is 0 Å². The van der Waals surface area contributed by atoms with Gasteiger partial charge in [-0.3, -0.25) is 4.79 Å². The number of carbonyl (C=O) groups excluding carboxylic acids is 1. The molecule has 7 nitrogen and oxygen atoms in total. The molecule has 0 saturated carbocycles. The number of aromatic nitrogens is 1. The van der Waals surface area contributed by atoms with E-state index in [2.05, 4.69) is 12.1 Å². The van der Waals surface area contributed by atoms with E-state index >= 15 is 0 Å². The summed E-state index contributed by atoms with van der Waals surface area (Å²) in [5, 5.41) is 3.73. The lowest BCUT2D eigenvalue weighted by atomic mass is 9.96. The number of carbonyl (C=O) groups is 1. The zero-order valence-electron chi connectivity index (χ0n) is 14.9. The average molecular weight is 357 g/mol. The minimum Gasteiger partial charge on any atom is -0.360 e. The van der Waals surface area contributed by atoms with Gasteiger partial charge in [0.15, 0.2) is 5.76 Å². The summed E-state index contributed by atoms with van der Waals surface area (Å²) in [5.74, 6) is 0.339. The monoisotopic (exact) mass is 357 g/mol. The molecule has 1 saturated heterocycles. The van der Waals surface area contributed by atoms with Crippen molar-refractivity contribution in [2.75, 3.05) is 26.7 Å². The molecule has 1 aliphatic heterocycles. The molecule has 0 spiro atoms. The van der Waals surface area contributed by atoms with Crippen molar-refractivity contribution in [3.05, 3.63) is 11.5 Å². The summed E-state index contributed by atoms with van der Waals surface area (Å²) >= 11 is 0. The lowest BCUT2D eigenvalue weighted by molar-refractivity contribution is -0.135. The SMILES string of the molecule is CCCCN(C)C(=O)C1CCN(S(=O)(=O)c2c(C)noc2C)CC1. The molecule has 136 valence electrons. The van der Waals surface area contributed by atoms with E-state index in [1.165, 1.54) is 4.31 Å². The van der Waals surface area contributed by atoms with E-state index in [0.29, 0.717) is 37.4 Å². The quantitative estimate of drug-likeness (QED) is 0.777. The van der Waals surface area contributed by atoms with Crippen molar-refractivity contribution in [2.45, 2.75) is 51.3 Å². The second-order valence-electron chi connectivity index (χ2n) is 6.45. The molecule has 24 heavy (non-hydrogen) atoms. The topological polar surface area (TPSA) is 83.7 Å². The van der Waals surface area contributed by atoms with Crippen LogP contribution in [0.3, 0.4) is 0 Å². The third-order valence-corrected chi connectivity index (χ3v) is 6.74. The van der Waals surface area contributed by atoms with Crippen molar-refractivity contribution in [3.8, 4) is 0 Å². The molecule has 1 aliphatic rings. The van der Waals surface area contributed by atoms with E-state index in [1.807, 2.05) is 7.05 Å². The van der Waals surface area contributed by atoms with E-state index < -0.39 is 10.0 Å². The number of amides is 1. The molecule has 0 unspecified atom stereocenters. The molecule has 0 aromatic carbocycles. The number of aryl methyl sites for hydroxylation is 2. The molecule has 0 bridgehead atoms. The van der Waals surface area contributed by atoms with Gasteiger partial charge in [0.1, 0.15) is 10.6 Å². The highest BCUT2D eigenvalue weighted by Gasteiger charge is 2.35. The highest BCUT2D eigenvalue weighted by Crippen LogP contribution is 2.28. The zero-order valence-corrected chi connectivity index (χ0v) is 15.7. The number of hydrogen-bond donors (Lipinski definition) is 0. The second-order valence-corrected chi connectivity index (χ2v) is 8.32. The first-order chi connectivity index (χ1) is 11.3. The number of unbranched alkanes of at least 4 members (excludes halogenated alkanes) is 1. The average Bonchev–Trinajstić information content (AvgIpc) is 2.91. The lowest BCUT2D eigenvalue weighted by Gasteiger charge is -2.32. The largest absolute Gasteiger partial charge is 0.360 e. The van der Waals surface area contributed by atoms with E-state index in [4.69, 9.17) is 4.52 Å². The third kappa shape index (κ3) is 3.80. The summed E-state index contributed by atoms with van der Waals surface area (Å²) in [6.07, 6.45) is 3.14. The summed E-state index contributed by atoms with van der Waals surface area (Å²) in [6.45, 7) is 6.78. The molecule has 0 N–H and O–H groups in total. The van der Waals surface area contributed by atoms with E-state index in [-0.39, 0.29) is 16.7 Å². The molecule has 2 rings (SSSR count). The van der Waals surface area contributed by atoms with Crippen molar-refractivity contribution in [1.29, 1.82) is 0 Å². The van der Waals surface area contributed by atoms with Crippen LogP contribution in [0.4, 0.5) is 0 Å².